The van der Waals surface area contributed by atoms with Gasteiger partial charge in [-0.1, -0.05) is 30.3 Å². The molecule has 1 amide bonds. The van der Waals surface area contributed by atoms with Crippen molar-refractivity contribution in [3.8, 4) is 0 Å². The van der Waals surface area contributed by atoms with E-state index in [0.717, 1.165) is 24.9 Å². The first-order chi connectivity index (χ1) is 11.0. The maximum Gasteiger partial charge on any atom is 0.409 e. The Balaban J connectivity index is 1.75. The van der Waals surface area contributed by atoms with Gasteiger partial charge in [0, 0.05) is 20.1 Å². The summed E-state index contributed by atoms with van der Waals surface area (Å²) in [6, 6.07) is 9.57. The Morgan fingerprint density at radius 3 is 2.78 bits per heavy atom. The average molecular weight is 320 g/mol. The van der Waals surface area contributed by atoms with Crippen molar-refractivity contribution in [3.05, 3.63) is 35.9 Å². The second-order valence-corrected chi connectivity index (χ2v) is 6.06. The number of piperidine rings is 1. The molecule has 0 aromatic heterocycles. The van der Waals surface area contributed by atoms with Crippen LogP contribution in [0.25, 0.3) is 0 Å². The monoisotopic (exact) mass is 320 g/mol. The SMILES string of the molecule is CN(C[C@H]1CCCN(CC(=O)O)C1)C(=O)OCc1ccccc1. The summed E-state index contributed by atoms with van der Waals surface area (Å²) in [7, 11) is 1.73. The molecule has 1 aromatic rings. The number of carbonyl (C=O) groups excluding carboxylic acids is 1. The van der Waals surface area contributed by atoms with Crippen molar-refractivity contribution in [2.24, 2.45) is 5.92 Å². The Bertz CT molecular complexity index is 521. The number of likely N-dealkylation sites (tertiary alicyclic amines) is 1. The van der Waals surface area contributed by atoms with Gasteiger partial charge in [0.25, 0.3) is 0 Å². The molecule has 1 heterocycles. The minimum Gasteiger partial charge on any atom is -0.480 e. The van der Waals surface area contributed by atoms with Gasteiger partial charge in [-0.15, -0.1) is 0 Å². The van der Waals surface area contributed by atoms with Crippen LogP contribution in [-0.4, -0.2) is 60.2 Å². The summed E-state index contributed by atoms with van der Waals surface area (Å²) in [5.41, 5.74) is 0.958. The molecule has 0 aliphatic carbocycles. The molecule has 23 heavy (non-hydrogen) atoms. The zero-order valence-electron chi connectivity index (χ0n) is 13.5. The van der Waals surface area contributed by atoms with E-state index in [0.29, 0.717) is 13.1 Å². The third kappa shape index (κ3) is 5.90. The van der Waals surface area contributed by atoms with Crippen molar-refractivity contribution in [2.75, 3.05) is 33.2 Å². The van der Waals surface area contributed by atoms with E-state index in [9.17, 15) is 9.59 Å². The lowest BCUT2D eigenvalue weighted by atomic mass is 9.97. The first kappa shape index (κ1) is 17.3. The Morgan fingerprint density at radius 2 is 2.09 bits per heavy atom. The summed E-state index contributed by atoms with van der Waals surface area (Å²) >= 11 is 0. The molecular formula is C17H24N2O4. The van der Waals surface area contributed by atoms with Gasteiger partial charge in [0.1, 0.15) is 6.61 Å². The van der Waals surface area contributed by atoms with Gasteiger partial charge in [-0.25, -0.2) is 4.79 Å². The smallest absolute Gasteiger partial charge is 0.409 e. The van der Waals surface area contributed by atoms with Crippen molar-refractivity contribution in [1.82, 2.24) is 9.80 Å². The zero-order valence-corrected chi connectivity index (χ0v) is 13.5. The number of carbonyl (C=O) groups is 2. The average Bonchev–Trinajstić information content (AvgIpc) is 2.53. The van der Waals surface area contributed by atoms with E-state index in [1.165, 1.54) is 0 Å². The first-order valence-corrected chi connectivity index (χ1v) is 7.90. The number of hydrogen-bond donors (Lipinski definition) is 1. The molecule has 1 atom stereocenters. The maximum absolute atomic E-state index is 12.0. The molecule has 1 fully saturated rings. The number of rotatable bonds is 6. The number of nitrogens with zero attached hydrogens (tertiary/aromatic N) is 2. The van der Waals surface area contributed by atoms with Gasteiger partial charge in [-0.05, 0) is 30.9 Å². The fourth-order valence-corrected chi connectivity index (χ4v) is 2.93. The van der Waals surface area contributed by atoms with Crippen LogP contribution in [0.2, 0.25) is 0 Å². The van der Waals surface area contributed by atoms with Crippen molar-refractivity contribution in [3.63, 3.8) is 0 Å². The Morgan fingerprint density at radius 1 is 1.35 bits per heavy atom. The van der Waals surface area contributed by atoms with E-state index in [1.807, 2.05) is 35.2 Å². The predicted octanol–water partition coefficient (Wildman–Crippen LogP) is 2.05. The molecule has 0 spiro atoms. The van der Waals surface area contributed by atoms with Gasteiger partial charge >= 0.3 is 12.1 Å². The molecular weight excluding hydrogens is 296 g/mol. The van der Waals surface area contributed by atoms with Crippen LogP contribution in [0.15, 0.2) is 30.3 Å². The molecule has 0 bridgehead atoms. The van der Waals surface area contributed by atoms with E-state index in [2.05, 4.69) is 0 Å². The van der Waals surface area contributed by atoms with E-state index in [4.69, 9.17) is 9.84 Å². The third-order valence-electron chi connectivity index (χ3n) is 4.01. The highest BCUT2D eigenvalue weighted by Crippen LogP contribution is 2.17. The summed E-state index contributed by atoms with van der Waals surface area (Å²) < 4.78 is 5.30. The van der Waals surface area contributed by atoms with E-state index >= 15 is 0 Å². The fraction of sp³-hybridized carbons (Fsp3) is 0.529. The number of carboxylic acid groups (broad SMARTS) is 1. The van der Waals surface area contributed by atoms with Crippen LogP contribution in [0.1, 0.15) is 18.4 Å². The highest BCUT2D eigenvalue weighted by atomic mass is 16.6. The molecule has 1 aromatic carbocycles. The number of amides is 1. The molecule has 126 valence electrons. The van der Waals surface area contributed by atoms with Crippen molar-refractivity contribution < 1.29 is 19.4 Å². The van der Waals surface area contributed by atoms with Crippen LogP contribution in [0.3, 0.4) is 0 Å². The lowest BCUT2D eigenvalue weighted by molar-refractivity contribution is -0.138. The van der Waals surface area contributed by atoms with Crippen LogP contribution >= 0.6 is 0 Å². The van der Waals surface area contributed by atoms with Gasteiger partial charge in [-0.3, -0.25) is 9.69 Å². The third-order valence-corrected chi connectivity index (χ3v) is 4.01. The highest BCUT2D eigenvalue weighted by Gasteiger charge is 2.24. The van der Waals surface area contributed by atoms with Crippen LogP contribution in [0.4, 0.5) is 4.79 Å². The molecule has 0 radical (unpaired) electrons. The lowest BCUT2D eigenvalue weighted by Crippen LogP contribution is -2.43. The summed E-state index contributed by atoms with van der Waals surface area (Å²) in [5, 5.41) is 8.87. The molecule has 6 heteroatoms. The summed E-state index contributed by atoms with van der Waals surface area (Å²) in [4.78, 5) is 26.4. The van der Waals surface area contributed by atoms with Crippen LogP contribution in [0.5, 0.6) is 0 Å². The van der Waals surface area contributed by atoms with Gasteiger partial charge in [0.15, 0.2) is 0 Å². The van der Waals surface area contributed by atoms with Crippen molar-refractivity contribution in [1.29, 1.82) is 0 Å². The molecule has 1 aliphatic rings. The quantitative estimate of drug-likeness (QED) is 0.869. The Kier molecular flexibility index (Phi) is 6.40. The second-order valence-electron chi connectivity index (χ2n) is 6.06. The fourth-order valence-electron chi connectivity index (χ4n) is 2.93. The summed E-state index contributed by atoms with van der Waals surface area (Å²) in [5.74, 6) is -0.515. The minimum atomic E-state index is -0.804. The first-order valence-electron chi connectivity index (χ1n) is 7.90. The van der Waals surface area contributed by atoms with Gasteiger partial charge in [0.2, 0.25) is 0 Å². The van der Waals surface area contributed by atoms with Gasteiger partial charge in [0.05, 0.1) is 6.54 Å². The lowest BCUT2D eigenvalue weighted by Gasteiger charge is -2.33. The largest absolute Gasteiger partial charge is 0.480 e. The topological polar surface area (TPSA) is 70.1 Å². The zero-order chi connectivity index (χ0) is 16.7. The normalized spacial score (nSPS) is 18.4. The van der Waals surface area contributed by atoms with E-state index in [-0.39, 0.29) is 25.2 Å². The van der Waals surface area contributed by atoms with Crippen molar-refractivity contribution >= 4 is 12.1 Å². The summed E-state index contributed by atoms with van der Waals surface area (Å²) in [6.07, 6.45) is 1.63. The molecule has 0 unspecified atom stereocenters. The maximum atomic E-state index is 12.0. The number of hydrogen-bond acceptors (Lipinski definition) is 4. The number of benzene rings is 1. The van der Waals surface area contributed by atoms with Crippen LogP contribution in [-0.2, 0) is 16.1 Å². The number of ether oxygens (including phenoxy) is 1. The van der Waals surface area contributed by atoms with E-state index < -0.39 is 5.97 Å². The van der Waals surface area contributed by atoms with E-state index in [1.54, 1.807) is 11.9 Å². The highest BCUT2D eigenvalue weighted by molar-refractivity contribution is 5.69. The molecule has 6 nitrogen and oxygen atoms in total. The Labute approximate surface area is 136 Å². The molecule has 2 rings (SSSR count). The second kappa shape index (κ2) is 8.53. The predicted molar refractivity (Wildman–Crippen MR) is 86.1 cm³/mol. The van der Waals surface area contributed by atoms with Crippen LogP contribution in [0, 0.1) is 5.92 Å². The number of aliphatic carboxylic acids is 1. The van der Waals surface area contributed by atoms with Gasteiger partial charge < -0.3 is 14.7 Å². The van der Waals surface area contributed by atoms with Crippen LogP contribution < -0.4 is 0 Å². The minimum absolute atomic E-state index is 0.0681. The van der Waals surface area contributed by atoms with Gasteiger partial charge in [-0.2, -0.15) is 0 Å². The molecule has 1 aliphatic heterocycles. The summed E-state index contributed by atoms with van der Waals surface area (Å²) in [6.45, 7) is 2.44. The molecule has 0 saturated carbocycles. The number of carboxylic acids is 1. The molecule has 1 N–H and O–H groups in total. The Hall–Kier alpha value is -2.08. The van der Waals surface area contributed by atoms with Crippen molar-refractivity contribution in [2.45, 2.75) is 19.4 Å². The molecule has 1 saturated heterocycles. The standard InChI is InChI=1S/C17H24N2O4/c1-18(17(22)23-13-14-6-3-2-4-7-14)10-15-8-5-9-19(11-15)12-16(20)21/h2-4,6-7,15H,5,8-13H2,1H3,(H,20,21)/t15-/m1/s1.